The van der Waals surface area contributed by atoms with Gasteiger partial charge in [0.05, 0.1) is 17.1 Å². The van der Waals surface area contributed by atoms with Gasteiger partial charge in [-0.3, -0.25) is 15.0 Å². The Bertz CT molecular complexity index is 4070. The second-order valence-electron chi connectivity index (χ2n) is 21.7. The highest BCUT2D eigenvalue weighted by Gasteiger charge is 2.11. The van der Waals surface area contributed by atoms with Crippen molar-refractivity contribution >= 4 is 52.8 Å². The Balaban J connectivity index is 0.712. The molecule has 13 aromatic carbocycles. The molecule has 0 aromatic heterocycles. The van der Waals surface area contributed by atoms with Crippen molar-refractivity contribution in [2.24, 2.45) is 15.0 Å². The smallest absolute Gasteiger partial charge is 0.0630 e. The molecule has 0 aliphatic carbocycles. The third-order valence-electron chi connectivity index (χ3n) is 15.7. The first-order valence-corrected chi connectivity index (χ1v) is 29.0. The monoisotopic (exact) mass is 1120 g/mol. The van der Waals surface area contributed by atoms with E-state index in [1.54, 1.807) is 0 Å². The van der Waals surface area contributed by atoms with Crippen molar-refractivity contribution in [3.05, 3.63) is 326 Å². The maximum Gasteiger partial charge on any atom is 0.0630 e. The van der Waals surface area contributed by atoms with Crippen LogP contribution >= 0.6 is 0 Å². The molecule has 13 rings (SSSR count). The SMILES string of the molecule is Nc1ccc(-c2ccc(-c3ccc(N=Cc4ccc(-c5cc(-c6ccc(C=Nc7ccc(-c8ccc(-c9ccc(N)cc9)cc8)cc7)cc6)cc(-c6ccc(C=Nc7ccc(-c8ccc(-c9ccc(N)cc9)cc8)cc7)cc6)c5)cc4)cc3)cc2)cc1. The quantitative estimate of drug-likeness (QED) is 0.0701. The van der Waals surface area contributed by atoms with Crippen LogP contribution in [0, 0.1) is 0 Å². The lowest BCUT2D eigenvalue weighted by atomic mass is 9.92. The average Bonchev–Trinajstić information content (AvgIpc) is 3.77. The van der Waals surface area contributed by atoms with Crippen LogP contribution in [0.4, 0.5) is 34.1 Å². The van der Waals surface area contributed by atoms with Gasteiger partial charge in [0.1, 0.15) is 0 Å². The zero-order valence-electron chi connectivity index (χ0n) is 47.8. The van der Waals surface area contributed by atoms with E-state index >= 15 is 0 Å². The molecule has 13 aromatic rings. The minimum absolute atomic E-state index is 0.762. The van der Waals surface area contributed by atoms with E-state index in [2.05, 4.69) is 273 Å². The molecule has 0 heterocycles. The lowest BCUT2D eigenvalue weighted by Crippen LogP contribution is -1.89. The van der Waals surface area contributed by atoms with Crippen LogP contribution in [0.5, 0.6) is 0 Å². The highest BCUT2D eigenvalue weighted by Crippen LogP contribution is 2.35. The molecule has 0 saturated heterocycles. The zero-order chi connectivity index (χ0) is 58.9. The lowest BCUT2D eigenvalue weighted by molar-refractivity contribution is 1.51. The van der Waals surface area contributed by atoms with Crippen molar-refractivity contribution in [2.75, 3.05) is 17.2 Å². The molecule has 0 fully saturated rings. The Morgan fingerprint density at radius 1 is 0.161 bits per heavy atom. The van der Waals surface area contributed by atoms with Gasteiger partial charge in [0.15, 0.2) is 0 Å². The number of aliphatic imine (C=N–C) groups is 3. The standard InChI is InChI=1S/C81H60N6/c82-76-37-25-64(26-38-76)58-13-19-61(20-14-58)67-31-43-79(44-32-67)85-52-55-1-7-70(8-2-55)73-49-74(71-9-3-56(4-10-71)53-86-80-45-33-68(34-46-80)62-21-15-59(16-22-62)65-27-39-77(83)40-28-65)51-75(50-73)72-11-5-57(6-12-72)54-87-81-47-35-69(36-48-81)63-23-17-60(18-24-63)66-29-41-78(84)42-30-66/h1-54H,82-84H2. The minimum atomic E-state index is 0.762. The maximum atomic E-state index is 5.91. The van der Waals surface area contributed by atoms with Gasteiger partial charge in [-0.05, 0) is 208 Å². The summed E-state index contributed by atoms with van der Waals surface area (Å²) in [5.74, 6) is 0. The van der Waals surface area contributed by atoms with Crippen LogP contribution in [0.25, 0.3) is 100 Å². The summed E-state index contributed by atoms with van der Waals surface area (Å²) in [5, 5.41) is 0. The molecule has 0 spiro atoms. The van der Waals surface area contributed by atoms with Crippen LogP contribution in [0.1, 0.15) is 16.7 Å². The van der Waals surface area contributed by atoms with Crippen molar-refractivity contribution in [1.29, 1.82) is 0 Å². The molecular formula is C81H60N6. The van der Waals surface area contributed by atoms with Crippen LogP contribution < -0.4 is 17.2 Å². The summed E-state index contributed by atoms with van der Waals surface area (Å²) in [6.07, 6.45) is 5.78. The fourth-order valence-corrected chi connectivity index (χ4v) is 10.7. The highest BCUT2D eigenvalue weighted by molar-refractivity contribution is 5.89. The van der Waals surface area contributed by atoms with Crippen molar-refractivity contribution in [3.63, 3.8) is 0 Å². The molecule has 0 unspecified atom stereocenters. The molecule has 0 radical (unpaired) electrons. The van der Waals surface area contributed by atoms with Crippen LogP contribution in [-0.2, 0) is 0 Å². The zero-order valence-corrected chi connectivity index (χ0v) is 47.8. The number of hydrogen-bond donors (Lipinski definition) is 3. The van der Waals surface area contributed by atoms with Crippen molar-refractivity contribution in [2.45, 2.75) is 0 Å². The molecule has 0 aliphatic rings. The Kier molecular flexibility index (Phi) is 15.7. The molecular weight excluding hydrogens is 1060 g/mol. The van der Waals surface area contributed by atoms with Crippen molar-refractivity contribution in [1.82, 2.24) is 0 Å². The molecule has 0 amide bonds. The number of nitrogen functional groups attached to an aromatic ring is 3. The lowest BCUT2D eigenvalue weighted by Gasteiger charge is -2.12. The number of nitrogens with zero attached hydrogens (tertiary/aromatic N) is 3. The van der Waals surface area contributed by atoms with Crippen molar-refractivity contribution in [3.8, 4) is 100 Å². The van der Waals surface area contributed by atoms with Gasteiger partial charge in [0.2, 0.25) is 0 Å². The molecule has 0 aliphatic heterocycles. The summed E-state index contributed by atoms with van der Waals surface area (Å²) in [4.78, 5) is 14.6. The topological polar surface area (TPSA) is 115 Å². The number of benzene rings is 13. The van der Waals surface area contributed by atoms with E-state index in [0.717, 1.165) is 151 Å². The highest BCUT2D eigenvalue weighted by atomic mass is 14.7. The fourth-order valence-electron chi connectivity index (χ4n) is 10.7. The average molecular weight is 1120 g/mol. The first-order chi connectivity index (χ1) is 42.7. The van der Waals surface area contributed by atoms with Crippen LogP contribution in [-0.4, -0.2) is 18.6 Å². The van der Waals surface area contributed by atoms with E-state index in [0.29, 0.717) is 0 Å². The minimum Gasteiger partial charge on any atom is -0.399 e. The van der Waals surface area contributed by atoms with E-state index in [-0.39, 0.29) is 0 Å². The molecule has 414 valence electrons. The number of hydrogen-bond acceptors (Lipinski definition) is 6. The molecule has 6 heteroatoms. The van der Waals surface area contributed by atoms with Gasteiger partial charge in [0.25, 0.3) is 0 Å². The Morgan fingerprint density at radius 2 is 0.299 bits per heavy atom. The predicted octanol–water partition coefficient (Wildman–Crippen LogP) is 20.7. The third kappa shape index (κ3) is 13.2. The van der Waals surface area contributed by atoms with Gasteiger partial charge in [0, 0.05) is 35.7 Å². The summed E-state index contributed by atoms with van der Waals surface area (Å²) in [6, 6.07) is 108. The van der Waals surface area contributed by atoms with Crippen molar-refractivity contribution < 1.29 is 0 Å². The van der Waals surface area contributed by atoms with Crippen LogP contribution in [0.15, 0.2) is 324 Å². The molecule has 6 nitrogen and oxygen atoms in total. The van der Waals surface area contributed by atoms with Gasteiger partial charge >= 0.3 is 0 Å². The number of anilines is 3. The second-order valence-corrected chi connectivity index (χ2v) is 21.7. The van der Waals surface area contributed by atoms with E-state index in [9.17, 15) is 0 Å². The van der Waals surface area contributed by atoms with Crippen LogP contribution in [0.2, 0.25) is 0 Å². The first-order valence-electron chi connectivity index (χ1n) is 29.0. The van der Waals surface area contributed by atoms with Gasteiger partial charge in [-0.2, -0.15) is 0 Å². The largest absolute Gasteiger partial charge is 0.399 e. The first kappa shape index (κ1) is 54.5. The van der Waals surface area contributed by atoms with Gasteiger partial charge in [-0.1, -0.05) is 218 Å². The van der Waals surface area contributed by atoms with E-state index < -0.39 is 0 Å². The normalized spacial score (nSPS) is 11.4. The fraction of sp³-hybridized carbons (Fsp3) is 0. The predicted molar refractivity (Wildman–Crippen MR) is 370 cm³/mol. The van der Waals surface area contributed by atoms with Crippen LogP contribution in [0.3, 0.4) is 0 Å². The maximum absolute atomic E-state index is 5.91. The summed E-state index contributed by atoms with van der Waals surface area (Å²) < 4.78 is 0. The van der Waals surface area contributed by atoms with E-state index in [4.69, 9.17) is 32.2 Å². The summed E-state index contributed by atoms with van der Waals surface area (Å²) in [5.41, 5.74) is 46.1. The Morgan fingerprint density at radius 3 is 0.483 bits per heavy atom. The van der Waals surface area contributed by atoms with E-state index in [1.807, 2.05) is 55.0 Å². The molecule has 6 N–H and O–H groups in total. The molecule has 0 bridgehead atoms. The van der Waals surface area contributed by atoms with Gasteiger partial charge in [-0.25, -0.2) is 0 Å². The number of rotatable bonds is 15. The Labute approximate surface area is 508 Å². The second kappa shape index (κ2) is 25.0. The molecule has 0 atom stereocenters. The Hall–Kier alpha value is -11.7. The number of nitrogens with two attached hydrogens (primary N) is 3. The third-order valence-corrected chi connectivity index (χ3v) is 15.7. The molecule has 0 saturated carbocycles. The van der Waals surface area contributed by atoms with E-state index in [1.165, 1.54) is 0 Å². The van der Waals surface area contributed by atoms with Gasteiger partial charge < -0.3 is 17.2 Å². The summed E-state index contributed by atoms with van der Waals surface area (Å²) in [7, 11) is 0. The summed E-state index contributed by atoms with van der Waals surface area (Å²) >= 11 is 0. The molecule has 87 heavy (non-hydrogen) atoms. The van der Waals surface area contributed by atoms with Gasteiger partial charge in [-0.15, -0.1) is 0 Å². The summed E-state index contributed by atoms with van der Waals surface area (Å²) in [6.45, 7) is 0.